The largest absolute Gasteiger partial charge is 0.388 e. The molecule has 0 radical (unpaired) electrons. The predicted octanol–water partition coefficient (Wildman–Crippen LogP) is 2.39. The molecule has 0 spiro atoms. The van der Waals surface area contributed by atoms with Gasteiger partial charge in [-0.15, -0.1) is 0 Å². The zero-order valence-electron chi connectivity index (χ0n) is 15.8. The van der Waals surface area contributed by atoms with Crippen LogP contribution in [0.3, 0.4) is 0 Å². The minimum atomic E-state index is -0.987. The van der Waals surface area contributed by atoms with Crippen molar-refractivity contribution in [2.45, 2.75) is 45.3 Å². The molecule has 1 aliphatic rings. The third-order valence-electron chi connectivity index (χ3n) is 5.15. The molecular formula is C20H28N4O2. The number of nitrogens with zero attached hydrogens (tertiary/aromatic N) is 3. The summed E-state index contributed by atoms with van der Waals surface area (Å²) in [5.74, 6) is 0.535. The Morgan fingerprint density at radius 2 is 2.04 bits per heavy atom. The second kappa shape index (κ2) is 7.60. The first kappa shape index (κ1) is 18.6. The van der Waals surface area contributed by atoms with Gasteiger partial charge in [0.15, 0.2) is 0 Å². The van der Waals surface area contributed by atoms with Crippen LogP contribution in [-0.2, 0) is 18.4 Å². The molecule has 0 aliphatic carbocycles. The van der Waals surface area contributed by atoms with E-state index in [0.29, 0.717) is 18.8 Å². The number of aliphatic hydroxyl groups is 1. The van der Waals surface area contributed by atoms with Crippen molar-refractivity contribution in [2.75, 3.05) is 18.4 Å². The number of β-amino-alcohol motifs (C(OH)–C–C–N with tert-alkyl or cyclic N) is 1. The second-order valence-electron chi connectivity index (χ2n) is 7.43. The van der Waals surface area contributed by atoms with E-state index in [0.717, 1.165) is 30.8 Å². The fourth-order valence-electron chi connectivity index (χ4n) is 3.74. The molecule has 1 saturated heterocycles. The maximum Gasteiger partial charge on any atom is 0.228 e. The first-order chi connectivity index (χ1) is 12.4. The average molecular weight is 356 g/mol. The van der Waals surface area contributed by atoms with Gasteiger partial charge >= 0.3 is 0 Å². The molecule has 6 heteroatoms. The molecule has 2 heterocycles. The van der Waals surface area contributed by atoms with Crippen molar-refractivity contribution in [3.63, 3.8) is 0 Å². The topological polar surface area (TPSA) is 70.4 Å². The van der Waals surface area contributed by atoms with Crippen LogP contribution in [0.25, 0.3) is 0 Å². The van der Waals surface area contributed by atoms with Crippen LogP contribution in [0.1, 0.15) is 36.1 Å². The van der Waals surface area contributed by atoms with Gasteiger partial charge in [-0.1, -0.05) is 30.3 Å². The number of hydrogen-bond donors (Lipinski definition) is 2. The lowest BCUT2D eigenvalue weighted by Crippen LogP contribution is -2.49. The SMILES string of the molecule is Cc1nn(C)c(NC(=O)CC2(O)CCCN(Cc3ccccc3)C2)c1C. The number of piperidine rings is 1. The van der Waals surface area contributed by atoms with Gasteiger partial charge in [0.25, 0.3) is 0 Å². The van der Waals surface area contributed by atoms with Crippen LogP contribution in [0.2, 0.25) is 0 Å². The van der Waals surface area contributed by atoms with E-state index in [1.807, 2.05) is 39.1 Å². The van der Waals surface area contributed by atoms with E-state index in [1.165, 1.54) is 5.56 Å². The van der Waals surface area contributed by atoms with Crippen LogP contribution < -0.4 is 5.32 Å². The second-order valence-corrected chi connectivity index (χ2v) is 7.43. The number of carbonyl (C=O) groups is 1. The van der Waals surface area contributed by atoms with Crippen molar-refractivity contribution >= 4 is 11.7 Å². The zero-order valence-corrected chi connectivity index (χ0v) is 15.8. The maximum atomic E-state index is 12.5. The number of nitrogens with one attached hydrogen (secondary N) is 1. The van der Waals surface area contributed by atoms with Gasteiger partial charge in [-0.25, -0.2) is 0 Å². The molecule has 1 atom stereocenters. The van der Waals surface area contributed by atoms with Crippen LogP contribution in [-0.4, -0.2) is 44.4 Å². The molecule has 3 rings (SSSR count). The van der Waals surface area contributed by atoms with Gasteiger partial charge in [0.2, 0.25) is 5.91 Å². The summed E-state index contributed by atoms with van der Waals surface area (Å²) in [6.45, 7) is 6.11. The van der Waals surface area contributed by atoms with E-state index in [2.05, 4.69) is 27.4 Å². The van der Waals surface area contributed by atoms with E-state index >= 15 is 0 Å². The van der Waals surface area contributed by atoms with Gasteiger partial charge in [-0.05, 0) is 38.8 Å². The highest BCUT2D eigenvalue weighted by atomic mass is 16.3. The van der Waals surface area contributed by atoms with Crippen LogP contribution in [0.4, 0.5) is 5.82 Å². The number of hydrogen-bond acceptors (Lipinski definition) is 4. The lowest BCUT2D eigenvalue weighted by atomic mass is 9.89. The Kier molecular flexibility index (Phi) is 5.44. The Bertz CT molecular complexity index is 772. The van der Waals surface area contributed by atoms with Crippen LogP contribution in [0.5, 0.6) is 0 Å². The molecule has 1 aliphatic heterocycles. The number of anilines is 1. The van der Waals surface area contributed by atoms with Crippen LogP contribution in [0.15, 0.2) is 30.3 Å². The fraction of sp³-hybridized carbons (Fsp3) is 0.500. The summed E-state index contributed by atoms with van der Waals surface area (Å²) >= 11 is 0. The predicted molar refractivity (Wildman–Crippen MR) is 102 cm³/mol. The maximum absolute atomic E-state index is 12.5. The van der Waals surface area contributed by atoms with Crippen molar-refractivity contribution in [3.8, 4) is 0 Å². The van der Waals surface area contributed by atoms with E-state index in [9.17, 15) is 9.90 Å². The Morgan fingerprint density at radius 3 is 2.69 bits per heavy atom. The molecule has 140 valence electrons. The minimum Gasteiger partial charge on any atom is -0.388 e. The van der Waals surface area contributed by atoms with Crippen molar-refractivity contribution in [2.24, 2.45) is 7.05 Å². The quantitative estimate of drug-likeness (QED) is 0.863. The number of aryl methyl sites for hydroxylation is 2. The molecule has 26 heavy (non-hydrogen) atoms. The number of carbonyl (C=O) groups excluding carboxylic acids is 1. The number of likely N-dealkylation sites (tertiary alicyclic amines) is 1. The summed E-state index contributed by atoms with van der Waals surface area (Å²) in [5.41, 5.74) is 2.09. The molecule has 1 aromatic carbocycles. The van der Waals surface area contributed by atoms with Gasteiger partial charge < -0.3 is 10.4 Å². The van der Waals surface area contributed by atoms with E-state index < -0.39 is 5.60 Å². The molecule has 2 aromatic rings. The van der Waals surface area contributed by atoms with Crippen molar-refractivity contribution < 1.29 is 9.90 Å². The molecule has 1 amide bonds. The molecule has 2 N–H and O–H groups in total. The molecule has 1 unspecified atom stereocenters. The molecule has 0 saturated carbocycles. The van der Waals surface area contributed by atoms with Gasteiger partial charge in [-0.3, -0.25) is 14.4 Å². The van der Waals surface area contributed by atoms with Gasteiger partial charge in [0, 0.05) is 25.7 Å². The van der Waals surface area contributed by atoms with Crippen LogP contribution in [0, 0.1) is 13.8 Å². The number of amides is 1. The van der Waals surface area contributed by atoms with Crippen molar-refractivity contribution in [1.29, 1.82) is 0 Å². The van der Waals surface area contributed by atoms with E-state index in [1.54, 1.807) is 4.68 Å². The average Bonchev–Trinajstić information content (AvgIpc) is 2.81. The van der Waals surface area contributed by atoms with Crippen LogP contribution >= 0.6 is 0 Å². The van der Waals surface area contributed by atoms with Crippen molar-refractivity contribution in [3.05, 3.63) is 47.2 Å². The number of benzene rings is 1. The summed E-state index contributed by atoms with van der Waals surface area (Å²) < 4.78 is 1.68. The monoisotopic (exact) mass is 356 g/mol. The normalized spacial score (nSPS) is 20.9. The highest BCUT2D eigenvalue weighted by Crippen LogP contribution is 2.27. The zero-order chi connectivity index (χ0) is 18.7. The van der Waals surface area contributed by atoms with Gasteiger partial charge in [0.05, 0.1) is 17.7 Å². The first-order valence-electron chi connectivity index (χ1n) is 9.15. The third kappa shape index (κ3) is 4.31. The molecule has 1 fully saturated rings. The Balaban J connectivity index is 1.61. The molecule has 6 nitrogen and oxygen atoms in total. The summed E-state index contributed by atoms with van der Waals surface area (Å²) in [6.07, 6.45) is 1.64. The lowest BCUT2D eigenvalue weighted by Gasteiger charge is -2.39. The summed E-state index contributed by atoms with van der Waals surface area (Å²) in [7, 11) is 1.81. The Hall–Kier alpha value is -2.18. The lowest BCUT2D eigenvalue weighted by molar-refractivity contribution is -0.124. The van der Waals surface area contributed by atoms with E-state index in [-0.39, 0.29) is 12.3 Å². The Labute approximate surface area is 154 Å². The summed E-state index contributed by atoms with van der Waals surface area (Å²) in [6, 6.07) is 10.2. The molecule has 0 bridgehead atoms. The first-order valence-corrected chi connectivity index (χ1v) is 9.15. The fourth-order valence-corrected chi connectivity index (χ4v) is 3.74. The number of aromatic nitrogens is 2. The Morgan fingerprint density at radius 1 is 1.31 bits per heavy atom. The third-order valence-corrected chi connectivity index (χ3v) is 5.15. The molecular weight excluding hydrogens is 328 g/mol. The summed E-state index contributed by atoms with van der Waals surface area (Å²) in [4.78, 5) is 14.8. The summed E-state index contributed by atoms with van der Waals surface area (Å²) in [5, 5.41) is 18.2. The smallest absolute Gasteiger partial charge is 0.228 e. The standard InChI is InChI=1S/C20H28N4O2/c1-15-16(2)22-23(3)19(15)21-18(25)12-20(26)10-7-11-24(14-20)13-17-8-5-4-6-9-17/h4-6,8-9,26H,7,10-14H2,1-3H3,(H,21,25). The van der Waals surface area contributed by atoms with E-state index in [4.69, 9.17) is 0 Å². The highest BCUT2D eigenvalue weighted by molar-refractivity contribution is 5.91. The number of rotatable bonds is 5. The minimum absolute atomic E-state index is 0.0992. The highest BCUT2D eigenvalue weighted by Gasteiger charge is 2.35. The van der Waals surface area contributed by atoms with Crippen molar-refractivity contribution in [1.82, 2.24) is 14.7 Å². The molecule has 1 aromatic heterocycles. The van der Waals surface area contributed by atoms with Gasteiger partial charge in [-0.2, -0.15) is 5.10 Å². The van der Waals surface area contributed by atoms with Gasteiger partial charge in [0.1, 0.15) is 5.82 Å².